The van der Waals surface area contributed by atoms with E-state index < -0.39 is 16.0 Å². The molecule has 2 aromatic rings. The first-order valence-corrected chi connectivity index (χ1v) is 8.80. The molecule has 1 N–H and O–H groups in total. The first kappa shape index (κ1) is 15.9. The maximum atomic E-state index is 12.3. The summed E-state index contributed by atoms with van der Waals surface area (Å²) in [4.78, 5) is 15.7. The minimum Gasteiger partial charge on any atom is -0.465 e. The molecule has 0 spiro atoms. The largest absolute Gasteiger partial charge is 0.465 e. The standard InChI is InChI=1S/C12H11BrN2O4S2/c1-7-6-20-11(12(16)19-2)10(7)15-21(17,18)9-3-8(13)4-14-5-9/h3-6,15H,1-2H3. The van der Waals surface area contributed by atoms with Gasteiger partial charge in [-0.1, -0.05) is 0 Å². The molecule has 0 radical (unpaired) electrons. The average Bonchev–Trinajstić information content (AvgIpc) is 2.79. The summed E-state index contributed by atoms with van der Waals surface area (Å²) in [7, 11) is -2.59. The number of methoxy groups -OCH3 is 1. The van der Waals surface area contributed by atoms with Crippen LogP contribution in [0.2, 0.25) is 0 Å². The Morgan fingerprint density at radius 1 is 1.43 bits per heavy atom. The fraction of sp³-hybridized carbons (Fsp3) is 0.167. The Morgan fingerprint density at radius 3 is 2.76 bits per heavy atom. The minimum absolute atomic E-state index is 0.00158. The highest BCUT2D eigenvalue weighted by Crippen LogP contribution is 2.30. The molecule has 0 unspecified atom stereocenters. The Balaban J connectivity index is 2.42. The number of esters is 1. The fourth-order valence-corrected chi connectivity index (χ4v) is 4.18. The van der Waals surface area contributed by atoms with Gasteiger partial charge in [-0.05, 0) is 39.9 Å². The Hall–Kier alpha value is -1.45. The summed E-state index contributed by atoms with van der Waals surface area (Å²) in [6, 6.07) is 1.43. The van der Waals surface area contributed by atoms with Crippen LogP contribution in [0.5, 0.6) is 0 Å². The summed E-state index contributed by atoms with van der Waals surface area (Å²) in [5.41, 5.74) is 0.874. The van der Waals surface area contributed by atoms with E-state index >= 15 is 0 Å². The molecule has 0 atom stereocenters. The monoisotopic (exact) mass is 390 g/mol. The van der Waals surface area contributed by atoms with Gasteiger partial charge in [0.2, 0.25) is 0 Å². The Labute approximate surface area is 134 Å². The smallest absolute Gasteiger partial charge is 0.350 e. The normalized spacial score (nSPS) is 11.2. The van der Waals surface area contributed by atoms with Gasteiger partial charge in [0.15, 0.2) is 0 Å². The molecule has 0 saturated heterocycles. The van der Waals surface area contributed by atoms with E-state index in [1.54, 1.807) is 12.3 Å². The molecule has 6 nitrogen and oxygen atoms in total. The van der Waals surface area contributed by atoms with Gasteiger partial charge in [0.25, 0.3) is 10.0 Å². The second-order valence-corrected chi connectivity index (χ2v) is 7.54. The van der Waals surface area contributed by atoms with Gasteiger partial charge in [-0.3, -0.25) is 9.71 Å². The number of aromatic nitrogens is 1. The molecule has 0 amide bonds. The zero-order valence-corrected chi connectivity index (χ0v) is 14.3. The van der Waals surface area contributed by atoms with Gasteiger partial charge in [-0.2, -0.15) is 0 Å². The zero-order valence-electron chi connectivity index (χ0n) is 11.1. The Kier molecular flexibility index (Phi) is 4.64. The lowest BCUT2D eigenvalue weighted by molar-refractivity contribution is 0.0607. The maximum Gasteiger partial charge on any atom is 0.350 e. The highest BCUT2D eigenvalue weighted by Gasteiger charge is 2.23. The van der Waals surface area contributed by atoms with Gasteiger partial charge in [0.05, 0.1) is 12.8 Å². The van der Waals surface area contributed by atoms with Crippen LogP contribution in [-0.4, -0.2) is 26.5 Å². The summed E-state index contributed by atoms with van der Waals surface area (Å²) >= 11 is 4.29. The minimum atomic E-state index is -3.84. The van der Waals surface area contributed by atoms with Crippen molar-refractivity contribution in [2.45, 2.75) is 11.8 Å². The second-order valence-electron chi connectivity index (χ2n) is 4.06. The lowest BCUT2D eigenvalue weighted by Gasteiger charge is -2.09. The molecule has 0 bridgehead atoms. The van der Waals surface area contributed by atoms with Crippen LogP contribution in [0.15, 0.2) is 33.2 Å². The number of sulfonamides is 1. The van der Waals surface area contributed by atoms with E-state index in [4.69, 9.17) is 0 Å². The van der Waals surface area contributed by atoms with Crippen LogP contribution in [0.25, 0.3) is 0 Å². The number of hydrogen-bond acceptors (Lipinski definition) is 6. The van der Waals surface area contributed by atoms with Gasteiger partial charge in [0.1, 0.15) is 9.77 Å². The van der Waals surface area contributed by atoms with Crippen molar-refractivity contribution in [3.05, 3.63) is 38.8 Å². The molecule has 0 saturated carbocycles. The van der Waals surface area contributed by atoms with Crippen molar-refractivity contribution in [2.24, 2.45) is 0 Å². The van der Waals surface area contributed by atoms with E-state index in [1.807, 2.05) is 0 Å². The maximum absolute atomic E-state index is 12.3. The van der Waals surface area contributed by atoms with Crippen molar-refractivity contribution >= 4 is 48.9 Å². The molecule has 112 valence electrons. The topological polar surface area (TPSA) is 85.4 Å². The summed E-state index contributed by atoms with van der Waals surface area (Å²) < 4.78 is 32.3. The highest BCUT2D eigenvalue weighted by molar-refractivity contribution is 9.10. The van der Waals surface area contributed by atoms with Gasteiger partial charge < -0.3 is 4.74 Å². The van der Waals surface area contributed by atoms with Gasteiger partial charge in [-0.15, -0.1) is 11.3 Å². The molecule has 9 heteroatoms. The number of nitrogens with zero attached hydrogens (tertiary/aromatic N) is 1. The SMILES string of the molecule is COC(=O)c1scc(C)c1NS(=O)(=O)c1cncc(Br)c1. The average molecular weight is 391 g/mol. The Bertz CT molecular complexity index is 786. The molecule has 0 aliphatic carbocycles. The third-order valence-corrected chi connectivity index (χ3v) is 5.40. The Morgan fingerprint density at radius 2 is 2.14 bits per heavy atom. The number of rotatable bonds is 4. The van der Waals surface area contributed by atoms with E-state index in [2.05, 4.69) is 30.4 Å². The van der Waals surface area contributed by atoms with Crippen molar-refractivity contribution in [1.29, 1.82) is 0 Å². The summed E-state index contributed by atoms with van der Waals surface area (Å²) in [5.74, 6) is -0.585. The fourth-order valence-electron chi connectivity index (χ4n) is 1.55. The lowest BCUT2D eigenvalue weighted by atomic mass is 10.3. The third-order valence-electron chi connectivity index (χ3n) is 2.57. The van der Waals surface area contributed by atoms with E-state index in [0.717, 1.165) is 11.3 Å². The number of aryl methyl sites for hydroxylation is 1. The predicted molar refractivity (Wildman–Crippen MR) is 83.1 cm³/mol. The van der Waals surface area contributed by atoms with Crippen LogP contribution < -0.4 is 4.72 Å². The molecule has 0 aliphatic rings. The molecular formula is C12H11BrN2O4S2. The van der Waals surface area contributed by atoms with Crippen LogP contribution in [0.4, 0.5) is 5.69 Å². The molecule has 21 heavy (non-hydrogen) atoms. The van der Waals surface area contributed by atoms with Gasteiger partial charge in [-0.25, -0.2) is 13.2 Å². The number of pyridine rings is 1. The number of halogens is 1. The van der Waals surface area contributed by atoms with Gasteiger partial charge in [0, 0.05) is 16.9 Å². The quantitative estimate of drug-likeness (QED) is 0.811. The first-order valence-electron chi connectivity index (χ1n) is 5.65. The van der Waals surface area contributed by atoms with Crippen molar-refractivity contribution in [2.75, 3.05) is 11.8 Å². The molecule has 0 fully saturated rings. The molecule has 2 aromatic heterocycles. The van der Waals surface area contributed by atoms with Crippen LogP contribution in [-0.2, 0) is 14.8 Å². The number of nitrogens with one attached hydrogen (secondary N) is 1. The summed E-state index contributed by atoms with van der Waals surface area (Å²) in [5, 5.41) is 1.68. The third kappa shape index (κ3) is 3.42. The van der Waals surface area contributed by atoms with E-state index in [-0.39, 0.29) is 15.5 Å². The lowest BCUT2D eigenvalue weighted by Crippen LogP contribution is -2.15. The van der Waals surface area contributed by atoms with Crippen LogP contribution >= 0.6 is 27.3 Å². The van der Waals surface area contributed by atoms with Crippen molar-refractivity contribution in [3.63, 3.8) is 0 Å². The zero-order chi connectivity index (χ0) is 15.6. The molecule has 2 rings (SSSR count). The summed E-state index contributed by atoms with van der Waals surface area (Å²) in [6.45, 7) is 1.71. The number of carbonyl (C=O) groups excluding carboxylic acids is 1. The van der Waals surface area contributed by atoms with Crippen molar-refractivity contribution < 1.29 is 17.9 Å². The van der Waals surface area contributed by atoms with Crippen LogP contribution in [0.3, 0.4) is 0 Å². The van der Waals surface area contributed by atoms with E-state index in [1.165, 1.54) is 25.6 Å². The number of thiophene rings is 1. The number of carbonyl (C=O) groups is 1. The molecule has 2 heterocycles. The number of hydrogen-bond donors (Lipinski definition) is 1. The van der Waals surface area contributed by atoms with Gasteiger partial charge >= 0.3 is 5.97 Å². The van der Waals surface area contributed by atoms with Crippen LogP contribution in [0.1, 0.15) is 15.2 Å². The first-order chi connectivity index (χ1) is 9.85. The summed E-state index contributed by atoms with van der Waals surface area (Å²) in [6.07, 6.45) is 2.71. The van der Waals surface area contributed by atoms with E-state index in [0.29, 0.717) is 10.0 Å². The number of anilines is 1. The highest BCUT2D eigenvalue weighted by atomic mass is 79.9. The number of ether oxygens (including phenoxy) is 1. The predicted octanol–water partition coefficient (Wildman–Crippen LogP) is 2.80. The van der Waals surface area contributed by atoms with E-state index in [9.17, 15) is 13.2 Å². The van der Waals surface area contributed by atoms with Crippen molar-refractivity contribution in [3.8, 4) is 0 Å². The molecule has 0 aliphatic heterocycles. The van der Waals surface area contributed by atoms with Crippen molar-refractivity contribution in [1.82, 2.24) is 4.98 Å². The second kappa shape index (κ2) is 6.12. The molecule has 0 aromatic carbocycles. The van der Waals surface area contributed by atoms with Crippen LogP contribution in [0, 0.1) is 6.92 Å². The molecular weight excluding hydrogens is 380 g/mol.